The maximum Gasteiger partial charge on any atom is 0.456 e. The van der Waals surface area contributed by atoms with E-state index < -0.39 is 18.7 Å². The highest BCUT2D eigenvalue weighted by atomic mass is 19.4. The second-order valence-corrected chi connectivity index (χ2v) is 3.80. The number of rotatable bonds is 4. The Hall–Kier alpha value is -1.67. The fraction of sp³-hybridized carbons (Fsp3) is 0.600. The lowest BCUT2D eigenvalue weighted by Crippen LogP contribution is -2.42. The van der Waals surface area contributed by atoms with Gasteiger partial charge in [0.25, 0.3) is 0 Å². The highest BCUT2D eigenvalue weighted by molar-refractivity contribution is 5.44. The number of anilines is 1. The molecule has 1 aromatic heterocycles. The van der Waals surface area contributed by atoms with Crippen LogP contribution >= 0.6 is 0 Å². The van der Waals surface area contributed by atoms with Crippen LogP contribution in [0.25, 0.3) is 0 Å². The van der Waals surface area contributed by atoms with Gasteiger partial charge in [0.2, 0.25) is 5.88 Å². The summed E-state index contributed by atoms with van der Waals surface area (Å²) in [6.07, 6.45) is -5.33. The van der Waals surface area contributed by atoms with E-state index in [1.807, 2.05) is 0 Å². The first-order valence-corrected chi connectivity index (χ1v) is 5.29. The Balaban J connectivity index is 2.92. The van der Waals surface area contributed by atoms with E-state index in [0.29, 0.717) is 6.42 Å². The lowest BCUT2D eigenvalue weighted by molar-refractivity contribution is -0.290. The molecular weight excluding hydrogens is 273 g/mol. The van der Waals surface area contributed by atoms with Crippen LogP contribution in [0.3, 0.4) is 0 Å². The van der Waals surface area contributed by atoms with Crippen LogP contribution in [0.2, 0.25) is 0 Å². The second kappa shape index (κ2) is 5.14. The van der Waals surface area contributed by atoms with Gasteiger partial charge in [0, 0.05) is 6.42 Å². The van der Waals surface area contributed by atoms with Gasteiger partial charge < -0.3 is 10.5 Å². The van der Waals surface area contributed by atoms with Crippen LogP contribution in [0.4, 0.5) is 27.8 Å². The molecule has 4 nitrogen and oxygen atoms in total. The van der Waals surface area contributed by atoms with Gasteiger partial charge in [0.1, 0.15) is 11.6 Å². The SMILES string of the molecule is CCc1nc(N)c(C)c(OCC(F)(F)C(F)(F)F)n1. The average molecular weight is 285 g/mol. The number of aryl methyl sites for hydroxylation is 1. The van der Waals surface area contributed by atoms with Crippen molar-refractivity contribution >= 4 is 5.82 Å². The number of nitrogens with zero attached hydrogens (tertiary/aromatic N) is 2. The predicted molar refractivity (Wildman–Crippen MR) is 57.1 cm³/mol. The van der Waals surface area contributed by atoms with Gasteiger partial charge in [-0.15, -0.1) is 0 Å². The van der Waals surface area contributed by atoms with Gasteiger partial charge in [-0.1, -0.05) is 6.92 Å². The van der Waals surface area contributed by atoms with Gasteiger partial charge in [-0.2, -0.15) is 26.9 Å². The molecule has 1 rings (SSSR count). The van der Waals surface area contributed by atoms with Crippen LogP contribution in [0.5, 0.6) is 5.88 Å². The normalized spacial score (nSPS) is 12.6. The Morgan fingerprint density at radius 2 is 1.74 bits per heavy atom. The molecule has 1 heterocycles. The summed E-state index contributed by atoms with van der Waals surface area (Å²) in [7, 11) is 0. The van der Waals surface area contributed by atoms with E-state index >= 15 is 0 Å². The van der Waals surface area contributed by atoms with Gasteiger partial charge >= 0.3 is 12.1 Å². The lowest BCUT2D eigenvalue weighted by Gasteiger charge is -2.20. The molecule has 0 unspecified atom stereocenters. The number of hydrogen-bond donors (Lipinski definition) is 1. The summed E-state index contributed by atoms with van der Waals surface area (Å²) in [5.41, 5.74) is 5.60. The molecule has 0 saturated carbocycles. The monoisotopic (exact) mass is 285 g/mol. The average Bonchev–Trinajstić information content (AvgIpc) is 2.29. The maximum absolute atomic E-state index is 12.7. The molecule has 1 aromatic rings. The molecular formula is C10H12F5N3O. The minimum absolute atomic E-state index is 0.0165. The van der Waals surface area contributed by atoms with E-state index in [-0.39, 0.29) is 23.1 Å². The Morgan fingerprint density at radius 1 is 1.16 bits per heavy atom. The third-order valence-electron chi connectivity index (χ3n) is 2.31. The first kappa shape index (κ1) is 15.4. The summed E-state index contributed by atoms with van der Waals surface area (Å²) in [5, 5.41) is 0. The predicted octanol–water partition coefficient (Wildman–Crippen LogP) is 2.51. The molecule has 19 heavy (non-hydrogen) atoms. The molecule has 0 amide bonds. The zero-order valence-electron chi connectivity index (χ0n) is 10.2. The van der Waals surface area contributed by atoms with E-state index in [1.165, 1.54) is 6.92 Å². The number of ether oxygens (including phenoxy) is 1. The number of halogens is 5. The second-order valence-electron chi connectivity index (χ2n) is 3.80. The van der Waals surface area contributed by atoms with Crippen LogP contribution in [0.15, 0.2) is 0 Å². The van der Waals surface area contributed by atoms with Gasteiger partial charge in [-0.25, -0.2) is 4.98 Å². The number of alkyl halides is 5. The van der Waals surface area contributed by atoms with Crippen molar-refractivity contribution in [3.8, 4) is 5.88 Å². The molecule has 0 aliphatic carbocycles. The van der Waals surface area contributed by atoms with Gasteiger partial charge in [-0.05, 0) is 6.92 Å². The van der Waals surface area contributed by atoms with Crippen LogP contribution in [-0.4, -0.2) is 28.7 Å². The Kier molecular flexibility index (Phi) is 4.16. The minimum Gasteiger partial charge on any atom is -0.471 e. The number of nitrogens with two attached hydrogens (primary N) is 1. The van der Waals surface area contributed by atoms with E-state index in [1.54, 1.807) is 6.92 Å². The smallest absolute Gasteiger partial charge is 0.456 e. The molecule has 0 atom stereocenters. The Morgan fingerprint density at radius 3 is 2.21 bits per heavy atom. The number of aromatic nitrogens is 2. The van der Waals surface area contributed by atoms with E-state index in [2.05, 4.69) is 14.7 Å². The molecule has 0 aliphatic rings. The van der Waals surface area contributed by atoms with Crippen LogP contribution < -0.4 is 10.5 Å². The van der Waals surface area contributed by atoms with Crippen molar-refractivity contribution in [3.05, 3.63) is 11.4 Å². The fourth-order valence-electron chi connectivity index (χ4n) is 1.10. The maximum atomic E-state index is 12.7. The van der Waals surface area contributed by atoms with Crippen molar-refractivity contribution in [1.82, 2.24) is 9.97 Å². The largest absolute Gasteiger partial charge is 0.471 e. The standard InChI is InChI=1S/C10H12F5N3O/c1-3-6-17-7(16)5(2)8(18-6)19-4-9(11,12)10(13,14)15/h3-4H2,1-2H3,(H2,16,17,18). The first-order valence-electron chi connectivity index (χ1n) is 5.29. The molecule has 0 spiro atoms. The summed E-state index contributed by atoms with van der Waals surface area (Å²) < 4.78 is 65.8. The zero-order valence-corrected chi connectivity index (χ0v) is 10.2. The number of nitrogen functional groups attached to an aromatic ring is 1. The molecule has 2 N–H and O–H groups in total. The summed E-state index contributed by atoms with van der Waals surface area (Å²) in [4.78, 5) is 7.54. The van der Waals surface area contributed by atoms with Crippen molar-refractivity contribution in [2.75, 3.05) is 12.3 Å². The third-order valence-corrected chi connectivity index (χ3v) is 2.31. The molecule has 0 saturated heterocycles. The highest BCUT2D eigenvalue weighted by Crippen LogP contribution is 2.36. The van der Waals surface area contributed by atoms with Crippen LogP contribution in [0, 0.1) is 6.92 Å². The summed E-state index contributed by atoms with van der Waals surface area (Å²) >= 11 is 0. The van der Waals surface area contributed by atoms with Crippen molar-refractivity contribution in [2.45, 2.75) is 32.4 Å². The number of hydrogen-bond acceptors (Lipinski definition) is 4. The quantitative estimate of drug-likeness (QED) is 0.863. The summed E-state index contributed by atoms with van der Waals surface area (Å²) in [5.74, 6) is -5.13. The molecule has 0 fully saturated rings. The van der Waals surface area contributed by atoms with Crippen molar-refractivity contribution < 1.29 is 26.7 Å². The molecule has 0 radical (unpaired) electrons. The first-order chi connectivity index (χ1) is 8.58. The van der Waals surface area contributed by atoms with Crippen LogP contribution in [0.1, 0.15) is 18.3 Å². The molecule has 108 valence electrons. The van der Waals surface area contributed by atoms with E-state index in [9.17, 15) is 22.0 Å². The Labute approximate surface area is 105 Å². The lowest BCUT2D eigenvalue weighted by atomic mass is 10.3. The van der Waals surface area contributed by atoms with Crippen molar-refractivity contribution in [1.29, 1.82) is 0 Å². The van der Waals surface area contributed by atoms with Crippen molar-refractivity contribution in [2.24, 2.45) is 0 Å². The minimum atomic E-state index is -5.67. The van der Waals surface area contributed by atoms with E-state index in [4.69, 9.17) is 5.73 Å². The topological polar surface area (TPSA) is 61.0 Å². The zero-order chi connectivity index (χ0) is 14.8. The fourth-order valence-corrected chi connectivity index (χ4v) is 1.10. The van der Waals surface area contributed by atoms with Gasteiger partial charge in [-0.3, -0.25) is 0 Å². The third kappa shape index (κ3) is 3.42. The van der Waals surface area contributed by atoms with E-state index in [0.717, 1.165) is 0 Å². The van der Waals surface area contributed by atoms with Gasteiger partial charge in [0.15, 0.2) is 6.61 Å². The summed E-state index contributed by atoms with van der Waals surface area (Å²) in [6.45, 7) is 1.20. The Bertz CT molecular complexity index is 461. The molecule has 0 aliphatic heterocycles. The summed E-state index contributed by atoms with van der Waals surface area (Å²) in [6, 6.07) is 0. The molecule has 9 heteroatoms. The van der Waals surface area contributed by atoms with Crippen LogP contribution in [-0.2, 0) is 6.42 Å². The van der Waals surface area contributed by atoms with Crippen molar-refractivity contribution in [3.63, 3.8) is 0 Å². The highest BCUT2D eigenvalue weighted by Gasteiger charge is 2.58. The molecule has 0 bridgehead atoms. The molecule has 0 aromatic carbocycles. The van der Waals surface area contributed by atoms with Gasteiger partial charge in [0.05, 0.1) is 5.56 Å².